The molecular weight excluding hydrogens is 390 g/mol. The Kier molecular flexibility index (Phi) is 7.69. The fraction of sp³-hybridized carbons (Fsp3) is 0.190. The summed E-state index contributed by atoms with van der Waals surface area (Å²) in [7, 11) is -4.13. The third-order valence-corrected chi connectivity index (χ3v) is 5.02. The first kappa shape index (κ1) is 21.9. The van der Waals surface area contributed by atoms with Gasteiger partial charge in [0.05, 0.1) is 17.9 Å². The van der Waals surface area contributed by atoms with Gasteiger partial charge in [0.25, 0.3) is 10.0 Å². The lowest BCUT2D eigenvalue weighted by Crippen LogP contribution is -2.45. The molecule has 0 aliphatic heterocycles. The van der Waals surface area contributed by atoms with E-state index >= 15 is 0 Å². The van der Waals surface area contributed by atoms with Crippen LogP contribution in [0.25, 0.3) is 6.08 Å². The minimum absolute atomic E-state index is 0.263. The van der Waals surface area contributed by atoms with Gasteiger partial charge in [-0.3, -0.25) is 9.59 Å². The van der Waals surface area contributed by atoms with Gasteiger partial charge in [0.2, 0.25) is 11.8 Å². The van der Waals surface area contributed by atoms with Crippen molar-refractivity contribution >= 4 is 33.6 Å². The monoisotopic (exact) mass is 411 g/mol. The Bertz CT molecular complexity index is 1010. The van der Waals surface area contributed by atoms with Crippen molar-refractivity contribution in [2.75, 3.05) is 11.4 Å². The van der Waals surface area contributed by atoms with Gasteiger partial charge in [-0.05, 0) is 30.7 Å². The lowest BCUT2D eigenvalue weighted by molar-refractivity contribution is -0.132. The third-order valence-electron chi connectivity index (χ3n) is 4.04. The highest BCUT2D eigenvalue weighted by molar-refractivity contribution is 7.93. The van der Waals surface area contributed by atoms with Gasteiger partial charge in [-0.2, -0.15) is 5.26 Å². The molecule has 8 heteroatoms. The van der Waals surface area contributed by atoms with Crippen LogP contribution in [-0.4, -0.2) is 26.8 Å². The predicted octanol–water partition coefficient (Wildman–Crippen LogP) is 2.69. The second kappa shape index (κ2) is 10.2. The van der Waals surface area contributed by atoms with Gasteiger partial charge in [0.15, 0.2) is 0 Å². The van der Waals surface area contributed by atoms with Gasteiger partial charge < -0.3 is 4.90 Å². The van der Waals surface area contributed by atoms with Crippen LogP contribution in [-0.2, 0) is 19.6 Å². The van der Waals surface area contributed by atoms with Crippen molar-refractivity contribution in [1.82, 2.24) is 4.72 Å². The van der Waals surface area contributed by atoms with E-state index in [4.69, 9.17) is 5.26 Å². The summed E-state index contributed by atoms with van der Waals surface area (Å²) < 4.78 is 26.3. The van der Waals surface area contributed by atoms with Crippen LogP contribution in [0.4, 0.5) is 5.69 Å². The Morgan fingerprint density at radius 1 is 1.10 bits per heavy atom. The molecule has 0 fully saturated rings. The molecule has 1 unspecified atom stereocenters. The molecule has 29 heavy (non-hydrogen) atoms. The molecule has 0 radical (unpaired) electrons. The Morgan fingerprint density at radius 2 is 1.69 bits per heavy atom. The summed E-state index contributed by atoms with van der Waals surface area (Å²) in [5, 5.41) is 9.90. The SMILES string of the molecule is CCN(C(=O)C(CC#N)C(=O)NS(=O)(=O)/C=C/c1ccccc1)c1ccccc1. The Hall–Kier alpha value is -3.44. The van der Waals surface area contributed by atoms with Crippen molar-refractivity contribution in [2.24, 2.45) is 5.92 Å². The molecule has 2 aromatic carbocycles. The Morgan fingerprint density at radius 3 is 2.24 bits per heavy atom. The number of hydrogen-bond acceptors (Lipinski definition) is 5. The van der Waals surface area contributed by atoms with Crippen molar-refractivity contribution in [1.29, 1.82) is 5.26 Å². The average molecular weight is 411 g/mol. The molecule has 0 bridgehead atoms. The van der Waals surface area contributed by atoms with Crippen molar-refractivity contribution in [3.8, 4) is 6.07 Å². The van der Waals surface area contributed by atoms with Crippen LogP contribution in [0.3, 0.4) is 0 Å². The van der Waals surface area contributed by atoms with Gasteiger partial charge in [0.1, 0.15) is 5.92 Å². The van der Waals surface area contributed by atoms with Gasteiger partial charge in [-0.15, -0.1) is 0 Å². The molecular formula is C21H21N3O4S. The predicted molar refractivity (Wildman–Crippen MR) is 111 cm³/mol. The number of amides is 2. The maximum absolute atomic E-state index is 12.9. The van der Waals surface area contributed by atoms with Gasteiger partial charge in [-0.25, -0.2) is 13.1 Å². The fourth-order valence-electron chi connectivity index (χ4n) is 2.62. The highest BCUT2D eigenvalue weighted by atomic mass is 32.2. The smallest absolute Gasteiger partial charge is 0.257 e. The topological polar surface area (TPSA) is 107 Å². The summed E-state index contributed by atoms with van der Waals surface area (Å²) in [4.78, 5) is 26.7. The van der Waals surface area contributed by atoms with Gasteiger partial charge in [-0.1, -0.05) is 48.5 Å². The second-order valence-corrected chi connectivity index (χ2v) is 7.62. The molecule has 0 saturated heterocycles. The summed E-state index contributed by atoms with van der Waals surface area (Å²) in [6.07, 6.45) is 0.894. The first-order valence-corrected chi connectivity index (χ1v) is 10.5. The van der Waals surface area contributed by atoms with Crippen LogP contribution in [0.2, 0.25) is 0 Å². The number of anilines is 1. The van der Waals surface area contributed by atoms with E-state index in [-0.39, 0.29) is 6.54 Å². The van der Waals surface area contributed by atoms with E-state index in [1.165, 1.54) is 11.0 Å². The summed E-state index contributed by atoms with van der Waals surface area (Å²) in [6, 6.07) is 19.1. The number of nitrogens with zero attached hydrogens (tertiary/aromatic N) is 2. The molecule has 1 atom stereocenters. The molecule has 2 amide bonds. The third kappa shape index (κ3) is 6.30. The minimum atomic E-state index is -4.13. The lowest BCUT2D eigenvalue weighted by atomic mass is 10.0. The molecule has 1 N–H and O–H groups in total. The molecule has 0 aliphatic carbocycles. The minimum Gasteiger partial charge on any atom is -0.312 e. The maximum atomic E-state index is 12.9. The number of nitrogens with one attached hydrogen (secondary N) is 1. The summed E-state index contributed by atoms with van der Waals surface area (Å²) in [5.41, 5.74) is 1.19. The number of carbonyl (C=O) groups excluding carboxylic acids is 2. The van der Waals surface area contributed by atoms with E-state index in [0.717, 1.165) is 5.41 Å². The number of nitriles is 1. The molecule has 0 spiro atoms. The molecule has 2 rings (SSSR count). The summed E-state index contributed by atoms with van der Waals surface area (Å²) >= 11 is 0. The highest BCUT2D eigenvalue weighted by Crippen LogP contribution is 2.18. The number of hydrogen-bond donors (Lipinski definition) is 1. The zero-order valence-electron chi connectivity index (χ0n) is 15.9. The fourth-order valence-corrected chi connectivity index (χ4v) is 3.45. The van der Waals surface area contributed by atoms with E-state index in [1.807, 2.05) is 4.72 Å². The maximum Gasteiger partial charge on any atom is 0.257 e. The Labute approximate surface area is 170 Å². The van der Waals surface area contributed by atoms with E-state index in [2.05, 4.69) is 0 Å². The number of para-hydroxylation sites is 1. The first-order chi connectivity index (χ1) is 13.9. The molecule has 0 aromatic heterocycles. The molecule has 0 saturated carbocycles. The molecule has 7 nitrogen and oxygen atoms in total. The Balaban J connectivity index is 2.19. The summed E-state index contributed by atoms with van der Waals surface area (Å²) in [6.45, 7) is 1.99. The number of rotatable bonds is 8. The zero-order valence-corrected chi connectivity index (χ0v) is 16.7. The van der Waals surface area contributed by atoms with E-state index in [1.54, 1.807) is 73.7 Å². The molecule has 150 valence electrons. The standard InChI is InChI=1S/C21H21N3O4S/c1-2-24(18-11-7-4-8-12-18)21(26)19(13-15-22)20(25)23-29(27,28)16-14-17-9-5-3-6-10-17/h3-12,14,16,19H,2,13H2,1H3,(H,23,25)/b16-14+. The number of sulfonamides is 1. The quantitative estimate of drug-likeness (QED) is 0.672. The lowest BCUT2D eigenvalue weighted by Gasteiger charge is -2.24. The molecule has 2 aromatic rings. The average Bonchev–Trinajstić information content (AvgIpc) is 2.72. The highest BCUT2D eigenvalue weighted by Gasteiger charge is 2.32. The van der Waals surface area contributed by atoms with Gasteiger partial charge in [0, 0.05) is 12.2 Å². The van der Waals surface area contributed by atoms with Gasteiger partial charge >= 0.3 is 0 Å². The van der Waals surface area contributed by atoms with Crippen molar-refractivity contribution < 1.29 is 18.0 Å². The zero-order chi connectivity index (χ0) is 21.3. The molecule has 0 heterocycles. The van der Waals surface area contributed by atoms with Crippen LogP contribution in [0.5, 0.6) is 0 Å². The van der Waals surface area contributed by atoms with Crippen LogP contribution in [0.15, 0.2) is 66.1 Å². The number of benzene rings is 2. The van der Waals surface area contributed by atoms with Crippen LogP contribution < -0.4 is 9.62 Å². The first-order valence-electron chi connectivity index (χ1n) is 8.91. The second-order valence-electron chi connectivity index (χ2n) is 6.06. The van der Waals surface area contributed by atoms with Crippen molar-refractivity contribution in [2.45, 2.75) is 13.3 Å². The van der Waals surface area contributed by atoms with E-state index in [0.29, 0.717) is 11.3 Å². The normalized spacial score (nSPS) is 12.1. The largest absolute Gasteiger partial charge is 0.312 e. The molecule has 0 aliphatic rings. The van der Waals surface area contributed by atoms with Crippen LogP contribution >= 0.6 is 0 Å². The van der Waals surface area contributed by atoms with Crippen LogP contribution in [0.1, 0.15) is 18.9 Å². The van der Waals surface area contributed by atoms with Crippen LogP contribution in [0, 0.1) is 17.2 Å². The van der Waals surface area contributed by atoms with E-state index < -0.39 is 34.2 Å². The number of carbonyl (C=O) groups is 2. The summed E-state index contributed by atoms with van der Waals surface area (Å²) in [5.74, 6) is -3.12. The van der Waals surface area contributed by atoms with Crippen molar-refractivity contribution in [3.05, 3.63) is 71.6 Å². The van der Waals surface area contributed by atoms with Crippen molar-refractivity contribution in [3.63, 3.8) is 0 Å². The van der Waals surface area contributed by atoms with E-state index in [9.17, 15) is 18.0 Å².